The van der Waals surface area contributed by atoms with E-state index in [2.05, 4.69) is 77.6 Å². The number of benzene rings is 2. The molecule has 0 amide bonds. The second kappa shape index (κ2) is 11.1. The second-order valence-corrected chi connectivity index (χ2v) is 11.6. The summed E-state index contributed by atoms with van der Waals surface area (Å²) in [5.74, 6) is -0.243. The van der Waals surface area contributed by atoms with Crippen molar-refractivity contribution in [2.45, 2.75) is 19.3 Å². The second-order valence-electron chi connectivity index (χ2n) is 8.19. The Morgan fingerprint density at radius 1 is 0.861 bits per heavy atom. The molecule has 0 spiro atoms. The first kappa shape index (κ1) is 26.9. The van der Waals surface area contributed by atoms with E-state index in [1.165, 1.54) is 12.3 Å². The Morgan fingerprint density at radius 2 is 1.39 bits per heavy atom. The molecule has 2 aromatic carbocycles. The van der Waals surface area contributed by atoms with E-state index in [4.69, 9.17) is 18.6 Å². The molecular formula is C26H18Br4O6. The van der Waals surface area contributed by atoms with E-state index in [9.17, 15) is 9.59 Å². The fraction of sp³-hybridized carbons (Fsp3) is 0.154. The summed E-state index contributed by atoms with van der Waals surface area (Å²) in [5, 5.41) is 0. The summed E-state index contributed by atoms with van der Waals surface area (Å²) in [6.45, 7) is 4.44. The zero-order valence-electron chi connectivity index (χ0n) is 18.9. The van der Waals surface area contributed by atoms with Crippen LogP contribution in [0, 0.1) is 0 Å². The van der Waals surface area contributed by atoms with Crippen LogP contribution >= 0.6 is 63.7 Å². The van der Waals surface area contributed by atoms with E-state index in [0.29, 0.717) is 36.0 Å². The van der Waals surface area contributed by atoms with Crippen molar-refractivity contribution in [2.24, 2.45) is 0 Å². The molecule has 2 heterocycles. The van der Waals surface area contributed by atoms with E-state index in [0.717, 1.165) is 11.1 Å². The van der Waals surface area contributed by atoms with Gasteiger partial charge in [-0.1, -0.05) is 19.9 Å². The molecule has 0 aliphatic carbocycles. The number of furan rings is 1. The van der Waals surface area contributed by atoms with Crippen LogP contribution in [-0.4, -0.2) is 18.5 Å². The topological polar surface area (TPSA) is 75.0 Å². The summed E-state index contributed by atoms with van der Waals surface area (Å²) in [6, 6.07) is 10.7. The molecule has 3 aromatic rings. The van der Waals surface area contributed by atoms with E-state index < -0.39 is 17.4 Å². The Kier molecular flexibility index (Phi) is 8.28. The molecule has 1 aliphatic rings. The van der Waals surface area contributed by atoms with Crippen LogP contribution in [-0.2, 0) is 14.9 Å². The van der Waals surface area contributed by atoms with Gasteiger partial charge >= 0.3 is 11.9 Å². The number of ether oxygens (including phenoxy) is 3. The lowest BCUT2D eigenvalue weighted by molar-refractivity contribution is -0.134. The highest BCUT2D eigenvalue weighted by Gasteiger charge is 2.29. The van der Waals surface area contributed by atoms with Crippen molar-refractivity contribution in [3.8, 4) is 11.5 Å². The highest BCUT2D eigenvalue weighted by molar-refractivity contribution is 9.11. The van der Waals surface area contributed by atoms with Crippen LogP contribution in [0.5, 0.6) is 11.5 Å². The van der Waals surface area contributed by atoms with E-state index in [1.807, 2.05) is 24.3 Å². The lowest BCUT2D eigenvalue weighted by Crippen LogP contribution is -2.20. The lowest BCUT2D eigenvalue weighted by Gasteiger charge is -2.28. The minimum atomic E-state index is -0.600. The van der Waals surface area contributed by atoms with Crippen molar-refractivity contribution in [2.75, 3.05) is 6.61 Å². The molecule has 10 heteroatoms. The normalized spacial score (nSPS) is 13.1. The number of hydrogen-bond donors (Lipinski definition) is 0. The van der Waals surface area contributed by atoms with Crippen LogP contribution in [0.2, 0.25) is 0 Å². The Labute approximate surface area is 241 Å². The van der Waals surface area contributed by atoms with Crippen molar-refractivity contribution >= 4 is 75.7 Å². The molecule has 1 aromatic heterocycles. The summed E-state index contributed by atoms with van der Waals surface area (Å²) in [7, 11) is 0. The highest BCUT2D eigenvalue weighted by atomic mass is 79.9. The SMILES string of the molecule is CC(C)(c1cc(Br)c(OC(=O)C2=CC=CCO2)c(Br)c1)c1cc(Br)c(OC(=O)c2ccco2)c(Br)c1. The van der Waals surface area contributed by atoms with Crippen LogP contribution in [0.4, 0.5) is 0 Å². The van der Waals surface area contributed by atoms with Gasteiger partial charge in [-0.15, -0.1) is 0 Å². The van der Waals surface area contributed by atoms with E-state index >= 15 is 0 Å². The lowest BCUT2D eigenvalue weighted by atomic mass is 9.78. The standard InChI is InChI=1S/C26H18Br4O6/c1-26(2,15-12-18(29)23(19(30)13-15)36-25(32)21-7-5-9-34-21)14-10-16(27)22(17(28)11-14)35-24(31)20-6-3-4-8-33-20/h3-7,9-13H,8H2,1-2H3. The van der Waals surface area contributed by atoms with Gasteiger partial charge in [-0.2, -0.15) is 0 Å². The molecule has 36 heavy (non-hydrogen) atoms. The van der Waals surface area contributed by atoms with Crippen LogP contribution in [0.25, 0.3) is 0 Å². The van der Waals surface area contributed by atoms with Gasteiger partial charge in [0.1, 0.15) is 6.61 Å². The van der Waals surface area contributed by atoms with Gasteiger partial charge in [-0.3, -0.25) is 0 Å². The minimum absolute atomic E-state index is 0.108. The van der Waals surface area contributed by atoms with Crippen LogP contribution in [0.1, 0.15) is 35.5 Å². The zero-order chi connectivity index (χ0) is 26.0. The fourth-order valence-corrected chi connectivity index (χ4v) is 6.10. The smallest absolute Gasteiger partial charge is 0.379 e. The van der Waals surface area contributed by atoms with Crippen molar-refractivity contribution < 1.29 is 28.2 Å². The monoisotopic (exact) mass is 742 g/mol. The van der Waals surface area contributed by atoms with Gasteiger partial charge in [-0.25, -0.2) is 9.59 Å². The largest absolute Gasteiger partial charge is 0.482 e. The first-order chi connectivity index (χ1) is 17.1. The molecule has 0 unspecified atom stereocenters. The maximum Gasteiger partial charge on any atom is 0.379 e. The van der Waals surface area contributed by atoms with Crippen molar-refractivity contribution in [1.82, 2.24) is 0 Å². The Bertz CT molecular complexity index is 1340. The molecule has 0 bridgehead atoms. The minimum Gasteiger partial charge on any atom is -0.482 e. The predicted molar refractivity (Wildman–Crippen MR) is 148 cm³/mol. The molecule has 0 fully saturated rings. The third-order valence-corrected chi connectivity index (χ3v) is 7.83. The van der Waals surface area contributed by atoms with Gasteiger partial charge in [0.05, 0.1) is 24.2 Å². The average molecular weight is 746 g/mol. The number of rotatable bonds is 6. The van der Waals surface area contributed by atoms with Gasteiger partial charge < -0.3 is 18.6 Å². The fourth-order valence-electron chi connectivity index (χ4n) is 3.41. The highest BCUT2D eigenvalue weighted by Crippen LogP contribution is 2.44. The van der Waals surface area contributed by atoms with Crippen LogP contribution < -0.4 is 9.47 Å². The van der Waals surface area contributed by atoms with E-state index in [-0.39, 0.29) is 11.5 Å². The zero-order valence-corrected chi connectivity index (χ0v) is 25.3. The van der Waals surface area contributed by atoms with Crippen LogP contribution in [0.15, 0.2) is 89.0 Å². The summed E-state index contributed by atoms with van der Waals surface area (Å²) in [4.78, 5) is 24.8. The molecule has 186 valence electrons. The molecule has 0 radical (unpaired) electrons. The molecule has 1 aliphatic heterocycles. The maximum absolute atomic E-state index is 12.5. The van der Waals surface area contributed by atoms with Gasteiger partial charge in [-0.05, 0) is 123 Å². The predicted octanol–water partition coefficient (Wildman–Crippen LogP) is 8.25. The number of carbonyl (C=O) groups is 2. The molecule has 0 saturated carbocycles. The summed E-state index contributed by atoms with van der Waals surface area (Å²) < 4.78 is 23.9. The number of halogens is 4. The Balaban J connectivity index is 1.60. The van der Waals surface area contributed by atoms with E-state index in [1.54, 1.807) is 24.3 Å². The first-order valence-corrected chi connectivity index (χ1v) is 13.7. The summed E-state index contributed by atoms with van der Waals surface area (Å²) >= 11 is 14.1. The van der Waals surface area contributed by atoms with Crippen LogP contribution in [0.3, 0.4) is 0 Å². The molecule has 6 nitrogen and oxygen atoms in total. The molecule has 0 saturated heterocycles. The maximum atomic E-state index is 12.5. The number of carbonyl (C=O) groups excluding carboxylic acids is 2. The van der Waals surface area contributed by atoms with Gasteiger partial charge in [0.15, 0.2) is 11.5 Å². The first-order valence-electron chi connectivity index (χ1n) is 10.5. The number of esters is 2. The third kappa shape index (κ3) is 5.72. The Hall–Kier alpha value is -2.14. The molecule has 4 rings (SSSR count). The van der Waals surface area contributed by atoms with Gasteiger partial charge in [0.25, 0.3) is 0 Å². The summed E-state index contributed by atoms with van der Waals surface area (Å²) in [6.07, 6.45) is 6.52. The third-order valence-electron chi connectivity index (χ3n) is 5.47. The Morgan fingerprint density at radius 3 is 1.83 bits per heavy atom. The number of hydrogen-bond acceptors (Lipinski definition) is 6. The summed E-state index contributed by atoms with van der Waals surface area (Å²) in [5.41, 5.74) is 1.40. The van der Waals surface area contributed by atoms with Crippen molar-refractivity contribution in [3.63, 3.8) is 0 Å². The molecular weight excluding hydrogens is 728 g/mol. The van der Waals surface area contributed by atoms with Gasteiger partial charge in [0, 0.05) is 5.41 Å². The molecule has 0 atom stereocenters. The number of allylic oxidation sites excluding steroid dienone is 2. The average Bonchev–Trinajstić information content (AvgIpc) is 3.39. The molecule has 0 N–H and O–H groups in total. The quantitative estimate of drug-likeness (QED) is 0.187. The van der Waals surface area contributed by atoms with Crippen molar-refractivity contribution in [3.05, 3.63) is 101 Å². The van der Waals surface area contributed by atoms with Gasteiger partial charge in [0.2, 0.25) is 11.5 Å². The van der Waals surface area contributed by atoms with Crippen molar-refractivity contribution in [1.29, 1.82) is 0 Å².